The van der Waals surface area contributed by atoms with Crippen LogP contribution in [-0.2, 0) is 21.5 Å². The summed E-state index contributed by atoms with van der Waals surface area (Å²) >= 11 is 13.5. The van der Waals surface area contributed by atoms with Gasteiger partial charge in [-0.1, -0.05) is 41.4 Å². The van der Waals surface area contributed by atoms with Crippen LogP contribution in [0, 0.1) is 10.1 Å². The molecule has 0 aliphatic heterocycles. The number of thioether (sulfide) groups is 1. The average molecular weight is 435 g/mol. The molecule has 0 radical (unpaired) electrons. The first-order chi connectivity index (χ1) is 12.3. The third-order valence-electron chi connectivity index (χ3n) is 3.32. The molecule has 2 aromatic carbocycles. The maximum Gasteiger partial charge on any atom is 0.269 e. The van der Waals surface area contributed by atoms with Crippen LogP contribution in [0.15, 0.2) is 42.5 Å². The maximum atomic E-state index is 12.1. The van der Waals surface area contributed by atoms with E-state index in [0.717, 1.165) is 5.56 Å². The molecule has 0 saturated heterocycles. The number of benzene rings is 2. The Kier molecular flexibility index (Phi) is 7.72. The molecule has 10 heteroatoms. The van der Waals surface area contributed by atoms with Gasteiger partial charge in [0.2, 0.25) is 10.0 Å². The molecule has 1 N–H and O–H groups in total. The van der Waals surface area contributed by atoms with E-state index in [0.29, 0.717) is 27.1 Å². The topological polar surface area (TPSA) is 89.3 Å². The number of halogens is 2. The van der Waals surface area contributed by atoms with E-state index in [1.807, 2.05) is 6.07 Å². The van der Waals surface area contributed by atoms with Crippen molar-refractivity contribution in [2.75, 3.05) is 12.3 Å². The van der Waals surface area contributed by atoms with E-state index in [4.69, 9.17) is 23.2 Å². The number of nitro benzene ring substituents is 1. The van der Waals surface area contributed by atoms with E-state index < -0.39 is 14.9 Å². The van der Waals surface area contributed by atoms with Crippen molar-refractivity contribution in [3.8, 4) is 0 Å². The summed E-state index contributed by atoms with van der Waals surface area (Å²) < 4.78 is 26.7. The molecule has 0 aromatic heterocycles. The summed E-state index contributed by atoms with van der Waals surface area (Å²) in [5, 5.41) is 11.9. The van der Waals surface area contributed by atoms with Gasteiger partial charge in [0.05, 0.1) is 10.7 Å². The lowest BCUT2D eigenvalue weighted by molar-refractivity contribution is -0.384. The highest BCUT2D eigenvalue weighted by Gasteiger charge is 2.13. The predicted molar refractivity (Wildman–Crippen MR) is 106 cm³/mol. The second-order valence-corrected chi connectivity index (χ2v) is 9.12. The highest BCUT2D eigenvalue weighted by molar-refractivity contribution is 7.98. The van der Waals surface area contributed by atoms with Gasteiger partial charge in [-0.25, -0.2) is 13.1 Å². The van der Waals surface area contributed by atoms with Crippen molar-refractivity contribution in [1.82, 2.24) is 4.72 Å². The molecule has 0 bridgehead atoms. The summed E-state index contributed by atoms with van der Waals surface area (Å²) in [5.74, 6) is 0.901. The van der Waals surface area contributed by atoms with Gasteiger partial charge in [-0.15, -0.1) is 0 Å². The van der Waals surface area contributed by atoms with Crippen LogP contribution in [0.1, 0.15) is 11.1 Å². The molecule has 0 aliphatic rings. The quantitative estimate of drug-likeness (QED) is 0.361. The molecule has 2 rings (SSSR count). The number of hydrogen-bond donors (Lipinski definition) is 1. The maximum absolute atomic E-state index is 12.1. The number of nitrogens with zero attached hydrogens (tertiary/aromatic N) is 1. The lowest BCUT2D eigenvalue weighted by Gasteiger charge is -2.08. The third-order valence-corrected chi connectivity index (χ3v) is 6.27. The summed E-state index contributed by atoms with van der Waals surface area (Å²) in [7, 11) is -3.57. The van der Waals surface area contributed by atoms with Crippen LogP contribution in [0.25, 0.3) is 0 Å². The molecular formula is C16H16Cl2N2O4S2. The fourth-order valence-electron chi connectivity index (χ4n) is 2.12. The minimum Gasteiger partial charge on any atom is -0.258 e. The second-order valence-electron chi connectivity index (χ2n) is 5.37. The molecule has 0 unspecified atom stereocenters. The zero-order valence-corrected chi connectivity index (χ0v) is 16.7. The minimum absolute atomic E-state index is 0.131. The summed E-state index contributed by atoms with van der Waals surface area (Å²) in [6.45, 7) is 0.257. The summed E-state index contributed by atoms with van der Waals surface area (Å²) in [4.78, 5) is 10.2. The Morgan fingerprint density at radius 2 is 1.92 bits per heavy atom. The summed E-state index contributed by atoms with van der Waals surface area (Å²) in [6.07, 6.45) is 0. The van der Waals surface area contributed by atoms with Crippen molar-refractivity contribution in [3.63, 3.8) is 0 Å². The molecule has 0 spiro atoms. The normalized spacial score (nSPS) is 11.5. The fraction of sp³-hybridized carbons (Fsp3) is 0.250. The second kappa shape index (κ2) is 9.57. The molecule has 0 saturated carbocycles. The van der Waals surface area contributed by atoms with E-state index in [2.05, 4.69) is 4.72 Å². The molecule has 26 heavy (non-hydrogen) atoms. The van der Waals surface area contributed by atoms with E-state index in [-0.39, 0.29) is 18.0 Å². The van der Waals surface area contributed by atoms with Gasteiger partial charge in [0.1, 0.15) is 0 Å². The van der Waals surface area contributed by atoms with Crippen LogP contribution in [0.2, 0.25) is 10.0 Å². The zero-order chi connectivity index (χ0) is 19.2. The Labute approximate surface area is 166 Å². The van der Waals surface area contributed by atoms with Gasteiger partial charge in [-0.2, -0.15) is 11.8 Å². The minimum atomic E-state index is -3.57. The molecule has 0 fully saturated rings. The highest BCUT2D eigenvalue weighted by atomic mass is 35.5. The van der Waals surface area contributed by atoms with Crippen molar-refractivity contribution >= 4 is 50.7 Å². The highest BCUT2D eigenvalue weighted by Crippen LogP contribution is 2.24. The van der Waals surface area contributed by atoms with Gasteiger partial charge in [0.25, 0.3) is 5.69 Å². The summed E-state index contributed by atoms with van der Waals surface area (Å²) in [6, 6.07) is 10.9. The van der Waals surface area contributed by atoms with Crippen LogP contribution in [0.5, 0.6) is 0 Å². The average Bonchev–Trinajstić information content (AvgIpc) is 2.56. The first-order valence-corrected chi connectivity index (χ1v) is 11.1. The van der Waals surface area contributed by atoms with Crippen molar-refractivity contribution < 1.29 is 13.3 Å². The van der Waals surface area contributed by atoms with Crippen LogP contribution in [0.4, 0.5) is 5.69 Å². The Morgan fingerprint density at radius 3 is 2.62 bits per heavy atom. The predicted octanol–water partition coefficient (Wildman–Crippen LogP) is 4.25. The number of rotatable bonds is 9. The molecule has 0 amide bonds. The van der Waals surface area contributed by atoms with Crippen molar-refractivity contribution in [2.45, 2.75) is 11.5 Å². The van der Waals surface area contributed by atoms with E-state index in [9.17, 15) is 18.5 Å². The van der Waals surface area contributed by atoms with E-state index in [1.165, 1.54) is 30.0 Å². The van der Waals surface area contributed by atoms with E-state index >= 15 is 0 Å². The van der Waals surface area contributed by atoms with Crippen LogP contribution >= 0.6 is 35.0 Å². The molecular weight excluding hydrogens is 419 g/mol. The Balaban J connectivity index is 1.79. The van der Waals surface area contributed by atoms with Gasteiger partial charge < -0.3 is 0 Å². The number of nitrogens with one attached hydrogen (secondary N) is 1. The Bertz CT molecular complexity index is 892. The van der Waals surface area contributed by atoms with Crippen molar-refractivity contribution in [2.24, 2.45) is 0 Å². The molecule has 140 valence electrons. The molecule has 0 heterocycles. The lowest BCUT2D eigenvalue weighted by Crippen LogP contribution is -2.27. The Hall–Kier alpha value is -1.32. The van der Waals surface area contributed by atoms with Gasteiger partial charge in [-0.3, -0.25) is 10.1 Å². The number of sulfonamides is 1. The molecule has 0 aliphatic carbocycles. The fourth-order valence-corrected chi connectivity index (χ4v) is 4.80. The van der Waals surface area contributed by atoms with Crippen molar-refractivity contribution in [1.29, 1.82) is 0 Å². The number of nitro groups is 1. The van der Waals surface area contributed by atoms with Gasteiger partial charge in [0, 0.05) is 40.2 Å². The van der Waals surface area contributed by atoms with Gasteiger partial charge in [-0.05, 0) is 23.3 Å². The Morgan fingerprint density at radius 1 is 1.15 bits per heavy atom. The van der Waals surface area contributed by atoms with Gasteiger partial charge >= 0.3 is 0 Å². The largest absolute Gasteiger partial charge is 0.269 e. The molecule has 0 atom stereocenters. The first kappa shape index (κ1) is 21.0. The first-order valence-electron chi connectivity index (χ1n) is 7.49. The monoisotopic (exact) mass is 434 g/mol. The molecule has 6 nitrogen and oxygen atoms in total. The van der Waals surface area contributed by atoms with Crippen LogP contribution in [-0.4, -0.2) is 25.6 Å². The van der Waals surface area contributed by atoms with Gasteiger partial charge in [0.15, 0.2) is 0 Å². The number of non-ortho nitro benzene ring substituents is 1. The smallest absolute Gasteiger partial charge is 0.258 e. The molecule has 2 aromatic rings. The van der Waals surface area contributed by atoms with Crippen LogP contribution in [0.3, 0.4) is 0 Å². The lowest BCUT2D eigenvalue weighted by atomic mass is 10.2. The summed E-state index contributed by atoms with van der Waals surface area (Å²) in [5.41, 5.74) is 1.17. The third kappa shape index (κ3) is 6.77. The SMILES string of the molecule is O=[N+]([O-])c1cccc(CS(=O)(=O)NCCSCc2ccc(Cl)cc2Cl)c1. The standard InChI is InChI=1S/C16H16Cl2N2O4S2/c17-14-5-4-13(16(18)9-14)10-25-7-6-19-26(23,24)11-12-2-1-3-15(8-12)20(21)22/h1-5,8-9,19H,6-7,10-11H2. The number of hydrogen-bond acceptors (Lipinski definition) is 5. The van der Waals surface area contributed by atoms with Crippen molar-refractivity contribution in [3.05, 3.63) is 73.8 Å². The van der Waals surface area contributed by atoms with E-state index in [1.54, 1.807) is 18.2 Å². The zero-order valence-electron chi connectivity index (χ0n) is 13.5. The van der Waals surface area contributed by atoms with Crippen LogP contribution < -0.4 is 4.72 Å².